The molecule has 0 atom stereocenters. The van der Waals surface area contributed by atoms with Crippen molar-refractivity contribution in [3.63, 3.8) is 0 Å². The molecule has 1 fully saturated rings. The quantitative estimate of drug-likeness (QED) is 0.564. The fourth-order valence-corrected chi connectivity index (χ4v) is 3.92. The van der Waals surface area contributed by atoms with Gasteiger partial charge < -0.3 is 10.3 Å². The van der Waals surface area contributed by atoms with Crippen molar-refractivity contribution in [3.8, 4) is 11.1 Å². The van der Waals surface area contributed by atoms with Gasteiger partial charge in [0.2, 0.25) is 5.95 Å². The molecule has 0 bridgehead atoms. The van der Waals surface area contributed by atoms with Crippen LogP contribution in [-0.2, 0) is 0 Å². The molecular weight excluding hydrogens is 343 g/mol. The van der Waals surface area contributed by atoms with Crippen LogP contribution in [0.2, 0.25) is 0 Å². The molecule has 4 aromatic heterocycles. The summed E-state index contributed by atoms with van der Waals surface area (Å²) in [7, 11) is 0. The van der Waals surface area contributed by atoms with E-state index in [1.807, 2.05) is 29.0 Å². The second-order valence-corrected chi connectivity index (χ2v) is 7.34. The van der Waals surface area contributed by atoms with Gasteiger partial charge in [-0.1, -0.05) is 19.3 Å². The zero-order chi connectivity index (χ0) is 18.3. The van der Waals surface area contributed by atoms with Gasteiger partial charge >= 0.3 is 0 Å². The van der Waals surface area contributed by atoms with Gasteiger partial charge in [-0.05, 0) is 36.6 Å². The molecule has 1 aliphatic rings. The molecule has 138 valence electrons. The topological polar surface area (TPSA) is 70.9 Å². The normalized spacial score (nSPS) is 16.8. The molecule has 0 aromatic carbocycles. The summed E-state index contributed by atoms with van der Waals surface area (Å²) in [6.45, 7) is 0.268. The van der Waals surface area contributed by atoms with E-state index in [4.69, 9.17) is 0 Å². The predicted molar refractivity (Wildman–Crippen MR) is 103 cm³/mol. The highest BCUT2D eigenvalue weighted by Crippen LogP contribution is 2.32. The summed E-state index contributed by atoms with van der Waals surface area (Å²) in [5.41, 5.74) is 2.74. The largest absolute Gasteiger partial charge is 0.351 e. The Morgan fingerprint density at radius 2 is 2.11 bits per heavy atom. The first-order valence-corrected chi connectivity index (χ1v) is 9.41. The Bertz CT molecular complexity index is 1090. The van der Waals surface area contributed by atoms with Crippen LogP contribution in [0.4, 0.5) is 10.3 Å². The highest BCUT2D eigenvalue weighted by molar-refractivity contribution is 5.94. The van der Waals surface area contributed by atoms with E-state index in [1.165, 1.54) is 0 Å². The van der Waals surface area contributed by atoms with Crippen molar-refractivity contribution in [2.75, 3.05) is 11.9 Å². The number of hydrogen-bond donors (Lipinski definition) is 2. The maximum atomic E-state index is 14.8. The summed E-state index contributed by atoms with van der Waals surface area (Å²) in [6, 6.07) is 6.07. The predicted octanol–water partition coefficient (Wildman–Crippen LogP) is 4.36. The molecule has 6 nitrogen and oxygen atoms in total. The molecule has 7 heteroatoms. The van der Waals surface area contributed by atoms with E-state index < -0.39 is 5.67 Å². The van der Waals surface area contributed by atoms with Crippen molar-refractivity contribution in [2.45, 2.75) is 37.8 Å². The van der Waals surface area contributed by atoms with Gasteiger partial charge in [0, 0.05) is 35.7 Å². The smallest absolute Gasteiger partial charge is 0.224 e. The summed E-state index contributed by atoms with van der Waals surface area (Å²) >= 11 is 0. The fraction of sp³-hybridized carbons (Fsp3) is 0.350. The van der Waals surface area contributed by atoms with Crippen LogP contribution in [0.3, 0.4) is 0 Å². The first kappa shape index (κ1) is 16.2. The van der Waals surface area contributed by atoms with Gasteiger partial charge in [-0.25, -0.2) is 13.9 Å². The lowest BCUT2D eigenvalue weighted by molar-refractivity contribution is 0.122. The zero-order valence-electron chi connectivity index (χ0n) is 15.0. The van der Waals surface area contributed by atoms with Crippen LogP contribution in [-0.4, -0.2) is 36.8 Å². The lowest BCUT2D eigenvalue weighted by atomic mass is 9.86. The maximum absolute atomic E-state index is 14.8. The van der Waals surface area contributed by atoms with E-state index in [2.05, 4.69) is 31.4 Å². The summed E-state index contributed by atoms with van der Waals surface area (Å²) in [6.07, 6.45) is 11.7. The number of H-pyrrole nitrogens is 1. The zero-order valence-corrected chi connectivity index (χ0v) is 15.0. The van der Waals surface area contributed by atoms with E-state index in [0.717, 1.165) is 46.9 Å². The van der Waals surface area contributed by atoms with Gasteiger partial charge in [0.15, 0.2) is 0 Å². The number of rotatable bonds is 4. The Labute approximate surface area is 155 Å². The lowest BCUT2D eigenvalue weighted by Crippen LogP contribution is -2.34. The fourth-order valence-electron chi connectivity index (χ4n) is 3.92. The number of aromatic nitrogens is 5. The number of anilines is 1. The van der Waals surface area contributed by atoms with E-state index in [0.29, 0.717) is 18.8 Å². The summed E-state index contributed by atoms with van der Waals surface area (Å²) in [5.74, 6) is 0.463. The number of halogens is 1. The van der Waals surface area contributed by atoms with E-state index in [-0.39, 0.29) is 6.54 Å². The first-order chi connectivity index (χ1) is 13.2. The Balaban J connectivity index is 1.40. The standard InChI is InChI=1S/C20H21FN6/c21-20(6-2-1-3-7-20)13-24-19-23-12-17-16(11-22-18(17)26-19)14-5-9-27-15(10-14)4-8-25-27/h4-5,8-12H,1-3,6-7,13H2,(H2,22,23,24,26). The van der Waals surface area contributed by atoms with Crippen LogP contribution in [0.5, 0.6) is 0 Å². The average Bonchev–Trinajstić information content (AvgIpc) is 3.32. The molecule has 0 amide bonds. The lowest BCUT2D eigenvalue weighted by Gasteiger charge is -2.29. The van der Waals surface area contributed by atoms with Crippen LogP contribution in [0, 0.1) is 0 Å². The molecule has 4 aromatic rings. The highest BCUT2D eigenvalue weighted by Gasteiger charge is 2.31. The molecule has 0 radical (unpaired) electrons. The van der Waals surface area contributed by atoms with Crippen molar-refractivity contribution in [1.29, 1.82) is 0 Å². The summed E-state index contributed by atoms with van der Waals surface area (Å²) in [4.78, 5) is 12.1. The molecule has 0 aliphatic heterocycles. The maximum Gasteiger partial charge on any atom is 0.224 e. The summed E-state index contributed by atoms with van der Waals surface area (Å²) in [5, 5.41) is 8.25. The molecular formula is C20H21FN6. The number of aromatic amines is 1. The number of nitrogens with one attached hydrogen (secondary N) is 2. The van der Waals surface area contributed by atoms with Crippen LogP contribution < -0.4 is 5.32 Å². The minimum Gasteiger partial charge on any atom is -0.351 e. The van der Waals surface area contributed by atoms with Crippen molar-refractivity contribution < 1.29 is 4.39 Å². The number of alkyl halides is 1. The molecule has 5 rings (SSSR count). The van der Waals surface area contributed by atoms with E-state index in [1.54, 1.807) is 12.4 Å². The van der Waals surface area contributed by atoms with Crippen LogP contribution in [0.25, 0.3) is 27.7 Å². The van der Waals surface area contributed by atoms with Gasteiger partial charge in [-0.2, -0.15) is 10.1 Å². The molecule has 0 spiro atoms. The minimum atomic E-state index is -1.14. The van der Waals surface area contributed by atoms with Crippen LogP contribution in [0.1, 0.15) is 32.1 Å². The van der Waals surface area contributed by atoms with Crippen molar-refractivity contribution in [1.82, 2.24) is 24.6 Å². The Kier molecular flexibility index (Phi) is 3.81. The minimum absolute atomic E-state index is 0.268. The van der Waals surface area contributed by atoms with E-state index in [9.17, 15) is 4.39 Å². The third-order valence-corrected chi connectivity index (χ3v) is 5.46. The number of pyridine rings is 1. The molecule has 0 saturated heterocycles. The monoisotopic (exact) mass is 364 g/mol. The second kappa shape index (κ2) is 6.33. The van der Waals surface area contributed by atoms with Crippen molar-refractivity contribution in [3.05, 3.63) is 43.0 Å². The summed E-state index contributed by atoms with van der Waals surface area (Å²) < 4.78 is 16.6. The third kappa shape index (κ3) is 3.03. The highest BCUT2D eigenvalue weighted by atomic mass is 19.1. The van der Waals surface area contributed by atoms with E-state index >= 15 is 0 Å². The van der Waals surface area contributed by atoms with Gasteiger partial charge in [0.1, 0.15) is 11.3 Å². The Morgan fingerprint density at radius 1 is 1.22 bits per heavy atom. The first-order valence-electron chi connectivity index (χ1n) is 9.41. The van der Waals surface area contributed by atoms with Crippen molar-refractivity contribution >= 4 is 22.5 Å². The molecule has 0 unspecified atom stereocenters. The third-order valence-electron chi connectivity index (χ3n) is 5.46. The second-order valence-electron chi connectivity index (χ2n) is 7.34. The van der Waals surface area contributed by atoms with Crippen LogP contribution >= 0.6 is 0 Å². The van der Waals surface area contributed by atoms with Gasteiger partial charge in [-0.15, -0.1) is 0 Å². The molecule has 1 saturated carbocycles. The van der Waals surface area contributed by atoms with Crippen LogP contribution in [0.15, 0.2) is 43.0 Å². The van der Waals surface area contributed by atoms with Gasteiger partial charge in [0.05, 0.1) is 12.1 Å². The molecule has 27 heavy (non-hydrogen) atoms. The Morgan fingerprint density at radius 3 is 3.00 bits per heavy atom. The van der Waals surface area contributed by atoms with Crippen molar-refractivity contribution in [2.24, 2.45) is 0 Å². The number of hydrogen-bond acceptors (Lipinski definition) is 4. The number of nitrogens with zero attached hydrogens (tertiary/aromatic N) is 4. The molecule has 4 heterocycles. The molecule has 2 N–H and O–H groups in total. The Hall–Kier alpha value is -2.96. The SMILES string of the molecule is FC1(CNc2ncc3c(-c4ccn5nccc5c4)c[nH]c3n2)CCCCC1. The van der Waals surface area contributed by atoms with Gasteiger partial charge in [0.25, 0.3) is 0 Å². The van der Waals surface area contributed by atoms with Gasteiger partial charge in [-0.3, -0.25) is 0 Å². The average molecular weight is 364 g/mol. The number of fused-ring (bicyclic) bond motifs is 2. The molecule has 1 aliphatic carbocycles.